The minimum absolute atomic E-state index is 0.0296. The molecule has 0 fully saturated rings. The molecule has 0 saturated heterocycles. The van der Waals surface area contributed by atoms with E-state index in [0.29, 0.717) is 12.6 Å². The molecular weight excluding hydrogens is 162 g/mol. The van der Waals surface area contributed by atoms with Crippen molar-refractivity contribution in [2.24, 2.45) is 5.73 Å². The van der Waals surface area contributed by atoms with E-state index in [0.717, 1.165) is 5.01 Å². The van der Waals surface area contributed by atoms with E-state index < -0.39 is 6.03 Å². The number of hydrazine groups is 1. The van der Waals surface area contributed by atoms with Crippen LogP contribution in [0.3, 0.4) is 0 Å². The Labute approximate surface area is 69.9 Å². The first-order valence-electron chi connectivity index (χ1n) is 3.28. The standard InChI is InChI=1S/C6H11N3O3/c1-8(6(7)12)9(2-4-10)3-5-11/h4-5H,2-3H2,1H3,(H2,7,12). The normalized spacial score (nSPS) is 9.50. The first kappa shape index (κ1) is 10.6. The molecule has 0 rings (SSSR count). The smallest absolute Gasteiger partial charge is 0.329 e. The second kappa shape index (κ2) is 5.25. The molecule has 0 spiro atoms. The lowest BCUT2D eigenvalue weighted by molar-refractivity contribution is -0.115. The van der Waals surface area contributed by atoms with E-state index in [4.69, 9.17) is 5.73 Å². The predicted molar refractivity (Wildman–Crippen MR) is 41.0 cm³/mol. The van der Waals surface area contributed by atoms with Crippen LogP contribution < -0.4 is 5.73 Å². The minimum atomic E-state index is -0.710. The van der Waals surface area contributed by atoms with Crippen molar-refractivity contribution in [2.45, 2.75) is 0 Å². The molecule has 0 bridgehead atoms. The van der Waals surface area contributed by atoms with Crippen molar-refractivity contribution in [3.63, 3.8) is 0 Å². The molecule has 0 unspecified atom stereocenters. The average molecular weight is 173 g/mol. The summed E-state index contributed by atoms with van der Waals surface area (Å²) in [6, 6.07) is -0.710. The summed E-state index contributed by atoms with van der Waals surface area (Å²) >= 11 is 0. The van der Waals surface area contributed by atoms with Gasteiger partial charge in [-0.25, -0.2) is 9.80 Å². The maximum absolute atomic E-state index is 10.6. The van der Waals surface area contributed by atoms with E-state index in [1.165, 1.54) is 12.1 Å². The molecule has 0 aromatic carbocycles. The first-order chi connectivity index (χ1) is 5.63. The largest absolute Gasteiger partial charge is 0.350 e. The summed E-state index contributed by atoms with van der Waals surface area (Å²) in [6.45, 7) is -0.0592. The van der Waals surface area contributed by atoms with E-state index in [1.54, 1.807) is 0 Å². The van der Waals surface area contributed by atoms with Crippen LogP contribution >= 0.6 is 0 Å². The highest BCUT2D eigenvalue weighted by atomic mass is 16.2. The molecule has 2 amide bonds. The number of rotatable bonds is 5. The number of carbonyl (C=O) groups is 3. The molecule has 2 N–H and O–H groups in total. The quantitative estimate of drug-likeness (QED) is 0.410. The maximum atomic E-state index is 10.6. The molecule has 0 heterocycles. The van der Waals surface area contributed by atoms with Crippen LogP contribution in [0.25, 0.3) is 0 Å². The van der Waals surface area contributed by atoms with Crippen molar-refractivity contribution in [3.05, 3.63) is 0 Å². The van der Waals surface area contributed by atoms with Gasteiger partial charge in [0, 0.05) is 7.05 Å². The SMILES string of the molecule is CN(C(N)=O)N(CC=O)CC=O. The summed E-state index contributed by atoms with van der Waals surface area (Å²) in [4.78, 5) is 30.7. The summed E-state index contributed by atoms with van der Waals surface area (Å²) in [7, 11) is 1.38. The van der Waals surface area contributed by atoms with Gasteiger partial charge in [0.2, 0.25) is 0 Å². The molecule has 0 aromatic rings. The van der Waals surface area contributed by atoms with Gasteiger partial charge in [-0.2, -0.15) is 0 Å². The number of primary amides is 1. The van der Waals surface area contributed by atoms with E-state index in [2.05, 4.69) is 0 Å². The molecule has 0 aliphatic rings. The van der Waals surface area contributed by atoms with Gasteiger partial charge in [-0.3, -0.25) is 5.01 Å². The molecule has 12 heavy (non-hydrogen) atoms. The van der Waals surface area contributed by atoms with Crippen LogP contribution in [0.4, 0.5) is 4.79 Å². The molecule has 0 aromatic heterocycles. The second-order valence-electron chi connectivity index (χ2n) is 2.07. The Morgan fingerprint density at radius 3 is 2.00 bits per heavy atom. The third kappa shape index (κ3) is 3.11. The van der Waals surface area contributed by atoms with Crippen LogP contribution in [-0.2, 0) is 9.59 Å². The molecule has 0 saturated carbocycles. The molecule has 0 radical (unpaired) electrons. The number of amides is 2. The Morgan fingerprint density at radius 1 is 1.33 bits per heavy atom. The van der Waals surface area contributed by atoms with Gasteiger partial charge < -0.3 is 15.3 Å². The van der Waals surface area contributed by atoms with Crippen LogP contribution in [0.2, 0.25) is 0 Å². The monoisotopic (exact) mass is 173 g/mol. The van der Waals surface area contributed by atoms with Gasteiger partial charge >= 0.3 is 6.03 Å². The summed E-state index contributed by atoms with van der Waals surface area (Å²) in [6.07, 6.45) is 1.17. The Kier molecular flexibility index (Phi) is 4.62. The van der Waals surface area contributed by atoms with E-state index in [1.807, 2.05) is 0 Å². The lowest BCUT2D eigenvalue weighted by Gasteiger charge is -2.26. The van der Waals surface area contributed by atoms with E-state index >= 15 is 0 Å². The number of nitrogens with two attached hydrogens (primary N) is 1. The molecule has 6 nitrogen and oxygen atoms in total. The average Bonchev–Trinajstić information content (AvgIpc) is 2.03. The van der Waals surface area contributed by atoms with Crippen molar-refractivity contribution in [1.29, 1.82) is 0 Å². The third-order valence-electron chi connectivity index (χ3n) is 1.31. The zero-order valence-electron chi connectivity index (χ0n) is 6.77. The van der Waals surface area contributed by atoms with Crippen LogP contribution in [0.1, 0.15) is 0 Å². The Balaban J connectivity index is 4.16. The molecule has 0 atom stereocenters. The second-order valence-corrected chi connectivity index (χ2v) is 2.07. The first-order valence-corrected chi connectivity index (χ1v) is 3.28. The lowest BCUT2D eigenvalue weighted by Crippen LogP contribution is -2.48. The number of nitrogens with zero attached hydrogens (tertiary/aromatic N) is 2. The van der Waals surface area contributed by atoms with Crippen molar-refractivity contribution in [1.82, 2.24) is 10.0 Å². The summed E-state index contributed by atoms with van der Waals surface area (Å²) in [5, 5.41) is 2.24. The van der Waals surface area contributed by atoms with E-state index in [9.17, 15) is 14.4 Å². The molecule has 0 aliphatic carbocycles. The van der Waals surface area contributed by atoms with Crippen LogP contribution in [0.5, 0.6) is 0 Å². The number of carbonyl (C=O) groups excluding carboxylic acids is 3. The summed E-state index contributed by atoms with van der Waals surface area (Å²) in [5.74, 6) is 0. The van der Waals surface area contributed by atoms with Crippen LogP contribution in [-0.4, -0.2) is 48.8 Å². The summed E-state index contributed by atoms with van der Waals surface area (Å²) < 4.78 is 0. The van der Waals surface area contributed by atoms with Crippen molar-refractivity contribution in [2.75, 3.05) is 20.1 Å². The fraction of sp³-hybridized carbons (Fsp3) is 0.500. The zero-order valence-corrected chi connectivity index (χ0v) is 6.77. The van der Waals surface area contributed by atoms with Gasteiger partial charge in [0.1, 0.15) is 12.6 Å². The fourth-order valence-corrected chi connectivity index (χ4v) is 0.631. The van der Waals surface area contributed by atoms with Crippen LogP contribution in [0, 0.1) is 0 Å². The highest BCUT2D eigenvalue weighted by Crippen LogP contribution is 1.90. The number of hydrogen-bond donors (Lipinski definition) is 1. The van der Waals surface area contributed by atoms with Gasteiger partial charge in [-0.1, -0.05) is 0 Å². The predicted octanol–water partition coefficient (Wildman–Crippen LogP) is -1.39. The Hall–Kier alpha value is -1.43. The van der Waals surface area contributed by atoms with E-state index in [-0.39, 0.29) is 13.1 Å². The van der Waals surface area contributed by atoms with Gasteiger partial charge in [0.15, 0.2) is 0 Å². The highest BCUT2D eigenvalue weighted by Gasteiger charge is 2.12. The molecular formula is C6H11N3O3. The minimum Gasteiger partial charge on any atom is -0.350 e. The molecule has 6 heteroatoms. The summed E-state index contributed by atoms with van der Waals surface area (Å²) in [5.41, 5.74) is 4.91. The number of aldehydes is 2. The molecule has 0 aliphatic heterocycles. The van der Waals surface area contributed by atoms with Gasteiger partial charge in [-0.05, 0) is 0 Å². The van der Waals surface area contributed by atoms with Gasteiger partial charge in [0.05, 0.1) is 13.1 Å². The molecule has 68 valence electrons. The van der Waals surface area contributed by atoms with Crippen molar-refractivity contribution in [3.8, 4) is 0 Å². The van der Waals surface area contributed by atoms with Crippen LogP contribution in [0.15, 0.2) is 0 Å². The number of urea groups is 1. The highest BCUT2D eigenvalue weighted by molar-refractivity contribution is 5.71. The van der Waals surface area contributed by atoms with Crippen molar-refractivity contribution < 1.29 is 14.4 Å². The number of hydrogen-bond acceptors (Lipinski definition) is 4. The maximum Gasteiger partial charge on any atom is 0.329 e. The van der Waals surface area contributed by atoms with Gasteiger partial charge in [-0.15, -0.1) is 0 Å². The fourth-order valence-electron chi connectivity index (χ4n) is 0.631. The van der Waals surface area contributed by atoms with Crippen molar-refractivity contribution >= 4 is 18.6 Å². The Bertz CT molecular complexity index is 173. The topological polar surface area (TPSA) is 83.7 Å². The Morgan fingerprint density at radius 2 is 1.75 bits per heavy atom. The zero-order chi connectivity index (χ0) is 9.56. The third-order valence-corrected chi connectivity index (χ3v) is 1.31. The van der Waals surface area contributed by atoms with Gasteiger partial charge in [0.25, 0.3) is 0 Å². The lowest BCUT2D eigenvalue weighted by atomic mass is 10.6.